The lowest BCUT2D eigenvalue weighted by Gasteiger charge is -2.06. The Hall–Kier alpha value is -2.57. The van der Waals surface area contributed by atoms with Gasteiger partial charge in [-0.2, -0.15) is 0 Å². The molecule has 3 aromatic rings. The van der Waals surface area contributed by atoms with E-state index in [0.717, 1.165) is 39.5 Å². The molecule has 1 N–H and O–H groups in total. The molecule has 146 valence electrons. The number of amides is 1. The summed E-state index contributed by atoms with van der Waals surface area (Å²) in [6, 6.07) is 12.4. The van der Waals surface area contributed by atoms with Gasteiger partial charge in [-0.05, 0) is 37.0 Å². The highest BCUT2D eigenvalue weighted by atomic mass is 32.1. The van der Waals surface area contributed by atoms with Crippen molar-refractivity contribution in [2.24, 2.45) is 0 Å². The van der Waals surface area contributed by atoms with Crippen LogP contribution in [0.4, 0.5) is 0 Å². The first-order valence-electron chi connectivity index (χ1n) is 9.44. The number of carbonyl (C=O) groups is 1. The summed E-state index contributed by atoms with van der Waals surface area (Å²) < 4.78 is 5.60. The Bertz CT molecular complexity index is 892. The molecule has 0 aliphatic rings. The Morgan fingerprint density at radius 2 is 2.00 bits per heavy atom. The number of hydrogen-bond donors (Lipinski definition) is 1. The van der Waals surface area contributed by atoms with Crippen LogP contribution in [0.2, 0.25) is 0 Å². The predicted octanol–water partition coefficient (Wildman–Crippen LogP) is 3.95. The average Bonchev–Trinajstić information content (AvgIpc) is 3.09. The van der Waals surface area contributed by atoms with Gasteiger partial charge in [-0.15, -0.1) is 11.3 Å². The highest BCUT2D eigenvalue weighted by Crippen LogP contribution is 2.28. The van der Waals surface area contributed by atoms with Crippen molar-refractivity contribution in [3.8, 4) is 10.6 Å². The zero-order chi connectivity index (χ0) is 19.8. The van der Waals surface area contributed by atoms with E-state index in [-0.39, 0.29) is 12.5 Å². The number of nitrogens with zero attached hydrogens (tertiary/aromatic N) is 2. The van der Waals surface area contributed by atoms with Crippen LogP contribution in [0, 0.1) is 6.92 Å². The number of thiazole rings is 1. The maximum atomic E-state index is 11.9. The smallest absolute Gasteiger partial charge is 0.246 e. The Kier molecular flexibility index (Phi) is 7.28. The fraction of sp³-hybridized carbons (Fsp3) is 0.318. The molecule has 0 saturated carbocycles. The summed E-state index contributed by atoms with van der Waals surface area (Å²) in [5.74, 6) is -0.110. The third-order valence-electron chi connectivity index (χ3n) is 4.43. The minimum absolute atomic E-state index is 0.0465. The molecule has 28 heavy (non-hydrogen) atoms. The molecule has 2 aromatic heterocycles. The van der Waals surface area contributed by atoms with E-state index >= 15 is 0 Å². The third kappa shape index (κ3) is 5.71. The molecule has 0 unspecified atom stereocenters. The molecule has 0 saturated heterocycles. The fourth-order valence-electron chi connectivity index (χ4n) is 2.75. The maximum absolute atomic E-state index is 11.9. The molecule has 0 aliphatic heterocycles. The summed E-state index contributed by atoms with van der Waals surface area (Å²) in [5.41, 5.74) is 4.49. The Morgan fingerprint density at radius 1 is 1.18 bits per heavy atom. The SMILES string of the molecule is CCc1ccc(-c2nc(C)c(COCC(=O)NCCc3cccnc3)s2)cc1. The topological polar surface area (TPSA) is 64.1 Å². The van der Waals surface area contributed by atoms with Crippen LogP contribution in [0.3, 0.4) is 0 Å². The zero-order valence-corrected chi connectivity index (χ0v) is 17.1. The van der Waals surface area contributed by atoms with Crippen molar-refractivity contribution in [2.75, 3.05) is 13.2 Å². The minimum Gasteiger partial charge on any atom is -0.366 e. The molecule has 0 atom stereocenters. The van der Waals surface area contributed by atoms with Crippen LogP contribution in [-0.2, 0) is 29.0 Å². The fourth-order valence-corrected chi connectivity index (χ4v) is 3.75. The van der Waals surface area contributed by atoms with E-state index in [0.29, 0.717) is 13.2 Å². The normalized spacial score (nSPS) is 10.8. The molecule has 5 nitrogen and oxygen atoms in total. The van der Waals surface area contributed by atoms with Crippen molar-refractivity contribution in [3.63, 3.8) is 0 Å². The molecule has 2 heterocycles. The van der Waals surface area contributed by atoms with Gasteiger partial charge in [-0.1, -0.05) is 37.3 Å². The van der Waals surface area contributed by atoms with Crippen molar-refractivity contribution in [2.45, 2.75) is 33.3 Å². The number of aryl methyl sites for hydroxylation is 2. The molecule has 0 fully saturated rings. The van der Waals surface area contributed by atoms with E-state index in [1.54, 1.807) is 17.5 Å². The quantitative estimate of drug-likeness (QED) is 0.596. The lowest BCUT2D eigenvalue weighted by Crippen LogP contribution is -2.29. The van der Waals surface area contributed by atoms with Gasteiger partial charge in [0.1, 0.15) is 11.6 Å². The van der Waals surface area contributed by atoms with Crippen LogP contribution < -0.4 is 5.32 Å². The number of nitrogens with one attached hydrogen (secondary N) is 1. The molecule has 0 spiro atoms. The van der Waals surface area contributed by atoms with Gasteiger partial charge >= 0.3 is 0 Å². The van der Waals surface area contributed by atoms with E-state index < -0.39 is 0 Å². The first-order valence-corrected chi connectivity index (χ1v) is 10.3. The molecular formula is C22H25N3O2S. The number of benzene rings is 1. The van der Waals surface area contributed by atoms with Gasteiger partial charge in [0.05, 0.1) is 17.2 Å². The van der Waals surface area contributed by atoms with Crippen LogP contribution in [0.15, 0.2) is 48.8 Å². The van der Waals surface area contributed by atoms with Gasteiger partial charge in [0, 0.05) is 24.5 Å². The number of carbonyl (C=O) groups excluding carboxylic acids is 1. The third-order valence-corrected chi connectivity index (χ3v) is 5.61. The van der Waals surface area contributed by atoms with Crippen LogP contribution in [0.5, 0.6) is 0 Å². The van der Waals surface area contributed by atoms with E-state index in [1.165, 1.54) is 5.56 Å². The highest BCUT2D eigenvalue weighted by molar-refractivity contribution is 7.15. The van der Waals surface area contributed by atoms with E-state index in [1.807, 2.05) is 25.3 Å². The van der Waals surface area contributed by atoms with Crippen LogP contribution in [0.1, 0.15) is 28.6 Å². The highest BCUT2D eigenvalue weighted by Gasteiger charge is 2.10. The second-order valence-electron chi connectivity index (χ2n) is 6.53. The molecule has 1 amide bonds. The van der Waals surface area contributed by atoms with Gasteiger partial charge in [-0.3, -0.25) is 9.78 Å². The van der Waals surface area contributed by atoms with Crippen LogP contribution in [-0.4, -0.2) is 29.0 Å². The minimum atomic E-state index is -0.110. The number of pyridine rings is 1. The summed E-state index contributed by atoms with van der Waals surface area (Å²) in [4.78, 5) is 21.7. The molecule has 3 rings (SSSR count). The number of hydrogen-bond acceptors (Lipinski definition) is 5. The lowest BCUT2D eigenvalue weighted by atomic mass is 10.1. The standard InChI is InChI=1S/C22H25N3O2S/c1-3-17-6-8-19(9-7-17)22-25-16(2)20(28-22)14-27-15-21(26)24-12-10-18-5-4-11-23-13-18/h4-9,11,13H,3,10,12,14-15H2,1-2H3,(H,24,26). The van der Waals surface area contributed by atoms with Crippen LogP contribution in [0.25, 0.3) is 10.6 Å². The molecule has 0 aliphatic carbocycles. The van der Waals surface area contributed by atoms with E-state index in [2.05, 4.69) is 46.5 Å². The van der Waals surface area contributed by atoms with Gasteiger partial charge in [-0.25, -0.2) is 4.98 Å². The van der Waals surface area contributed by atoms with Gasteiger partial charge in [0.15, 0.2) is 0 Å². The number of ether oxygens (including phenoxy) is 1. The molecule has 6 heteroatoms. The average molecular weight is 396 g/mol. The molecule has 0 bridgehead atoms. The second kappa shape index (κ2) is 10.1. The van der Waals surface area contributed by atoms with E-state index in [9.17, 15) is 4.79 Å². The Labute approximate surface area is 169 Å². The van der Waals surface area contributed by atoms with Crippen molar-refractivity contribution >= 4 is 17.2 Å². The Balaban J connectivity index is 1.44. The molecule has 0 radical (unpaired) electrons. The number of rotatable bonds is 9. The van der Waals surface area contributed by atoms with Crippen molar-refractivity contribution < 1.29 is 9.53 Å². The van der Waals surface area contributed by atoms with Crippen molar-refractivity contribution in [1.82, 2.24) is 15.3 Å². The summed E-state index contributed by atoms with van der Waals surface area (Å²) in [5, 5.41) is 3.86. The van der Waals surface area contributed by atoms with Gasteiger partial charge in [0.2, 0.25) is 5.91 Å². The van der Waals surface area contributed by atoms with Gasteiger partial charge in [0.25, 0.3) is 0 Å². The molecular weight excluding hydrogens is 370 g/mol. The summed E-state index contributed by atoms with van der Waals surface area (Å²) in [7, 11) is 0. The largest absolute Gasteiger partial charge is 0.366 e. The molecule has 1 aromatic carbocycles. The second-order valence-corrected chi connectivity index (χ2v) is 7.62. The summed E-state index contributed by atoms with van der Waals surface area (Å²) >= 11 is 1.62. The number of aromatic nitrogens is 2. The lowest BCUT2D eigenvalue weighted by molar-refractivity contribution is -0.126. The van der Waals surface area contributed by atoms with E-state index in [4.69, 9.17) is 4.74 Å². The first-order chi connectivity index (χ1) is 13.7. The zero-order valence-electron chi connectivity index (χ0n) is 16.3. The summed E-state index contributed by atoms with van der Waals surface area (Å²) in [6.07, 6.45) is 5.33. The van der Waals surface area contributed by atoms with Crippen molar-refractivity contribution in [1.29, 1.82) is 0 Å². The maximum Gasteiger partial charge on any atom is 0.246 e. The summed E-state index contributed by atoms with van der Waals surface area (Å²) in [6.45, 7) is 5.14. The van der Waals surface area contributed by atoms with Crippen molar-refractivity contribution in [3.05, 3.63) is 70.5 Å². The van der Waals surface area contributed by atoms with Gasteiger partial charge < -0.3 is 10.1 Å². The Morgan fingerprint density at radius 3 is 2.71 bits per heavy atom. The monoisotopic (exact) mass is 395 g/mol. The van der Waals surface area contributed by atoms with Crippen LogP contribution >= 0.6 is 11.3 Å². The first kappa shape index (κ1) is 20.2. The predicted molar refractivity (Wildman–Crippen MR) is 112 cm³/mol.